The van der Waals surface area contributed by atoms with Crippen molar-refractivity contribution in [1.29, 1.82) is 0 Å². The number of fused-ring (bicyclic) bond motifs is 4. The monoisotopic (exact) mass is 317 g/mol. The summed E-state index contributed by atoms with van der Waals surface area (Å²) in [5.74, 6) is 0. The Balaban J connectivity index is 1.94. The van der Waals surface area contributed by atoms with E-state index in [0.717, 1.165) is 26.9 Å². The molecular formula is C18H11N3OS. The van der Waals surface area contributed by atoms with Crippen LogP contribution in [-0.4, -0.2) is 15.2 Å². The first kappa shape index (κ1) is 12.6. The van der Waals surface area contributed by atoms with E-state index in [4.69, 9.17) is 0 Å². The molecular weight excluding hydrogens is 306 g/mol. The van der Waals surface area contributed by atoms with Crippen LogP contribution in [0.5, 0.6) is 0 Å². The fraction of sp³-hybridized carbons (Fsp3) is 0. The zero-order valence-electron chi connectivity index (χ0n) is 12.0. The van der Waals surface area contributed by atoms with Gasteiger partial charge in [-0.3, -0.25) is 4.79 Å². The zero-order chi connectivity index (χ0) is 15.4. The second-order valence-electron chi connectivity index (χ2n) is 5.47. The number of hydrogen-bond acceptors (Lipinski definition) is 3. The quantitative estimate of drug-likeness (QED) is 0.484. The molecule has 0 atom stereocenters. The van der Waals surface area contributed by atoms with Gasteiger partial charge in [0.25, 0.3) is 5.56 Å². The molecule has 2 aromatic carbocycles. The van der Waals surface area contributed by atoms with Crippen LogP contribution < -0.4 is 5.56 Å². The molecule has 0 unspecified atom stereocenters. The molecule has 110 valence electrons. The molecule has 0 aliphatic carbocycles. The molecule has 3 heterocycles. The van der Waals surface area contributed by atoms with E-state index in [0.29, 0.717) is 5.52 Å². The average Bonchev–Trinajstić information content (AvgIpc) is 3.17. The lowest BCUT2D eigenvalue weighted by molar-refractivity contribution is 1.02. The van der Waals surface area contributed by atoms with Gasteiger partial charge < -0.3 is 4.98 Å². The van der Waals surface area contributed by atoms with Gasteiger partial charge in [-0.1, -0.05) is 36.4 Å². The van der Waals surface area contributed by atoms with Crippen molar-refractivity contribution in [2.24, 2.45) is 0 Å². The minimum atomic E-state index is -0.193. The van der Waals surface area contributed by atoms with Gasteiger partial charge in [0.15, 0.2) is 0 Å². The molecule has 0 bridgehead atoms. The maximum absolute atomic E-state index is 12.2. The third-order valence-corrected chi connectivity index (χ3v) is 5.22. The summed E-state index contributed by atoms with van der Waals surface area (Å²) in [6.07, 6.45) is 0. The Morgan fingerprint density at radius 2 is 1.83 bits per heavy atom. The number of aromatic amines is 2. The van der Waals surface area contributed by atoms with Crippen LogP contribution in [0.3, 0.4) is 0 Å². The molecule has 0 amide bonds. The largest absolute Gasteiger partial charge is 0.350 e. The number of rotatable bonds is 1. The lowest BCUT2D eigenvalue weighted by Gasteiger charge is -1.99. The van der Waals surface area contributed by atoms with Crippen LogP contribution in [0.25, 0.3) is 42.5 Å². The SMILES string of the molecule is O=c1[nH]nc(-c2cc3ccccc3s2)c2c1[nH]c1ccccc12. The fourth-order valence-corrected chi connectivity index (χ4v) is 4.11. The number of aromatic nitrogens is 3. The number of para-hydroxylation sites is 1. The number of nitrogens with zero attached hydrogens (tertiary/aromatic N) is 1. The smallest absolute Gasteiger partial charge is 0.288 e. The summed E-state index contributed by atoms with van der Waals surface area (Å²) >= 11 is 1.68. The maximum atomic E-state index is 12.2. The number of thiophene rings is 1. The van der Waals surface area contributed by atoms with E-state index < -0.39 is 0 Å². The molecule has 0 aliphatic rings. The molecule has 5 rings (SSSR count). The number of nitrogens with one attached hydrogen (secondary N) is 2. The number of H-pyrrole nitrogens is 2. The molecule has 2 N–H and O–H groups in total. The summed E-state index contributed by atoms with van der Waals surface area (Å²) in [7, 11) is 0. The Bertz CT molecular complexity index is 1210. The predicted molar refractivity (Wildman–Crippen MR) is 95.0 cm³/mol. The van der Waals surface area contributed by atoms with Crippen molar-refractivity contribution < 1.29 is 0 Å². The molecule has 5 aromatic rings. The molecule has 23 heavy (non-hydrogen) atoms. The minimum Gasteiger partial charge on any atom is -0.350 e. The second kappa shape index (κ2) is 4.54. The molecule has 4 nitrogen and oxygen atoms in total. The van der Waals surface area contributed by atoms with Gasteiger partial charge >= 0.3 is 0 Å². The summed E-state index contributed by atoms with van der Waals surface area (Å²) in [6, 6.07) is 18.3. The molecule has 0 fully saturated rings. The molecule has 0 spiro atoms. The van der Waals surface area contributed by atoms with Gasteiger partial charge in [-0.2, -0.15) is 5.10 Å². The summed E-state index contributed by atoms with van der Waals surface area (Å²) < 4.78 is 1.21. The highest BCUT2D eigenvalue weighted by molar-refractivity contribution is 7.22. The van der Waals surface area contributed by atoms with Crippen LogP contribution in [-0.2, 0) is 0 Å². The van der Waals surface area contributed by atoms with Crippen molar-refractivity contribution in [3.8, 4) is 10.6 Å². The second-order valence-corrected chi connectivity index (χ2v) is 6.55. The van der Waals surface area contributed by atoms with Crippen LogP contribution in [0.4, 0.5) is 0 Å². The third kappa shape index (κ3) is 1.77. The van der Waals surface area contributed by atoms with Crippen molar-refractivity contribution >= 4 is 43.2 Å². The summed E-state index contributed by atoms with van der Waals surface area (Å²) in [5.41, 5.74) is 2.15. The normalized spacial score (nSPS) is 11.7. The van der Waals surface area contributed by atoms with Gasteiger partial charge in [-0.15, -0.1) is 11.3 Å². The van der Waals surface area contributed by atoms with Gasteiger partial charge in [0.1, 0.15) is 11.2 Å². The standard InChI is InChI=1S/C18H11N3OS/c22-18-17-15(11-6-2-3-7-12(11)19-17)16(20-21-18)14-9-10-5-1-4-8-13(10)23-14/h1-9,19H,(H,21,22). The van der Waals surface area contributed by atoms with Crippen molar-refractivity contribution in [2.75, 3.05) is 0 Å². The van der Waals surface area contributed by atoms with Crippen LogP contribution >= 0.6 is 11.3 Å². The topological polar surface area (TPSA) is 61.5 Å². The van der Waals surface area contributed by atoms with Crippen molar-refractivity contribution in [1.82, 2.24) is 15.2 Å². The molecule has 5 heteroatoms. The molecule has 0 saturated carbocycles. The van der Waals surface area contributed by atoms with Gasteiger partial charge in [0.2, 0.25) is 0 Å². The fourth-order valence-electron chi connectivity index (χ4n) is 3.05. The van der Waals surface area contributed by atoms with E-state index in [1.165, 1.54) is 10.1 Å². The van der Waals surface area contributed by atoms with Crippen LogP contribution in [0.1, 0.15) is 0 Å². The van der Waals surface area contributed by atoms with Crippen molar-refractivity contribution in [2.45, 2.75) is 0 Å². The maximum Gasteiger partial charge on any atom is 0.288 e. The Kier molecular flexibility index (Phi) is 2.49. The summed E-state index contributed by atoms with van der Waals surface area (Å²) in [5, 5.41) is 10.1. The van der Waals surface area contributed by atoms with E-state index >= 15 is 0 Å². The molecule has 0 radical (unpaired) electrons. The van der Waals surface area contributed by atoms with Crippen LogP contribution in [0, 0.1) is 0 Å². The Morgan fingerprint density at radius 3 is 2.74 bits per heavy atom. The van der Waals surface area contributed by atoms with E-state index in [1.54, 1.807) is 11.3 Å². The predicted octanol–water partition coefficient (Wildman–Crippen LogP) is 4.29. The van der Waals surface area contributed by atoms with Crippen molar-refractivity contribution in [3.63, 3.8) is 0 Å². The highest BCUT2D eigenvalue weighted by atomic mass is 32.1. The van der Waals surface area contributed by atoms with Gasteiger partial charge in [-0.25, -0.2) is 5.10 Å². The summed E-state index contributed by atoms with van der Waals surface area (Å²) in [4.78, 5) is 16.4. The van der Waals surface area contributed by atoms with Gasteiger partial charge in [0.05, 0.1) is 4.88 Å². The van der Waals surface area contributed by atoms with Crippen LogP contribution in [0.15, 0.2) is 59.4 Å². The first-order chi connectivity index (χ1) is 11.3. The zero-order valence-corrected chi connectivity index (χ0v) is 12.8. The summed E-state index contributed by atoms with van der Waals surface area (Å²) in [6.45, 7) is 0. The Labute approximate surface area is 134 Å². The van der Waals surface area contributed by atoms with E-state index in [2.05, 4.69) is 33.4 Å². The third-order valence-electron chi connectivity index (χ3n) is 4.10. The molecule has 0 saturated heterocycles. The van der Waals surface area contributed by atoms with Crippen LogP contribution in [0.2, 0.25) is 0 Å². The van der Waals surface area contributed by atoms with Gasteiger partial charge in [0, 0.05) is 21.0 Å². The van der Waals surface area contributed by atoms with E-state index in [9.17, 15) is 4.79 Å². The Morgan fingerprint density at radius 1 is 1.00 bits per heavy atom. The minimum absolute atomic E-state index is 0.193. The average molecular weight is 317 g/mol. The molecule has 0 aliphatic heterocycles. The first-order valence-electron chi connectivity index (χ1n) is 7.29. The van der Waals surface area contributed by atoms with E-state index in [-0.39, 0.29) is 5.56 Å². The molecule has 3 aromatic heterocycles. The van der Waals surface area contributed by atoms with E-state index in [1.807, 2.05) is 36.4 Å². The van der Waals surface area contributed by atoms with Crippen molar-refractivity contribution in [3.05, 3.63) is 65.0 Å². The Hall–Kier alpha value is -2.92. The number of hydrogen-bond donors (Lipinski definition) is 2. The lowest BCUT2D eigenvalue weighted by Crippen LogP contribution is -2.08. The van der Waals surface area contributed by atoms with Gasteiger partial charge in [-0.05, 0) is 23.6 Å². The number of benzene rings is 2. The highest BCUT2D eigenvalue weighted by Crippen LogP contribution is 2.37. The first-order valence-corrected chi connectivity index (χ1v) is 8.11. The lowest BCUT2D eigenvalue weighted by atomic mass is 10.1. The highest BCUT2D eigenvalue weighted by Gasteiger charge is 2.16.